The molecule has 0 bridgehead atoms. The van der Waals surface area contributed by atoms with Gasteiger partial charge in [-0.05, 0) is 12.8 Å². The van der Waals surface area contributed by atoms with E-state index < -0.39 is 11.3 Å². The average Bonchev–Trinajstić information content (AvgIpc) is 2.04. The molecule has 0 aromatic rings. The van der Waals surface area contributed by atoms with E-state index in [1.165, 1.54) is 0 Å². The lowest BCUT2D eigenvalue weighted by Crippen LogP contribution is -2.42. The fourth-order valence-corrected chi connectivity index (χ4v) is 2.08. The SMILES string of the molecule is CC(C)(C)C(F)(F)C1CCCCC1. The highest BCUT2D eigenvalue weighted by molar-refractivity contribution is 4.89. The number of rotatable bonds is 1. The average molecular weight is 190 g/mol. The normalized spacial score (nSPS) is 21.9. The van der Waals surface area contributed by atoms with Crippen molar-refractivity contribution in [1.29, 1.82) is 0 Å². The standard InChI is InChI=1S/C11H20F2/c1-10(2,3)11(12,13)9-7-5-4-6-8-9/h9H,4-8H2,1-3H3. The highest BCUT2D eigenvalue weighted by Crippen LogP contribution is 2.46. The first kappa shape index (κ1) is 10.9. The van der Waals surface area contributed by atoms with Crippen LogP contribution in [-0.4, -0.2) is 5.92 Å². The van der Waals surface area contributed by atoms with E-state index in [0.717, 1.165) is 19.3 Å². The molecule has 13 heavy (non-hydrogen) atoms. The Morgan fingerprint density at radius 3 is 1.77 bits per heavy atom. The first-order chi connectivity index (χ1) is 5.86. The Kier molecular flexibility index (Phi) is 2.98. The quantitative estimate of drug-likeness (QED) is 0.580. The van der Waals surface area contributed by atoms with Gasteiger partial charge in [-0.2, -0.15) is 0 Å². The molecular formula is C11H20F2. The molecule has 1 aliphatic carbocycles. The molecule has 1 fully saturated rings. The molecule has 1 aliphatic rings. The van der Waals surface area contributed by atoms with Crippen molar-refractivity contribution < 1.29 is 8.78 Å². The molecule has 0 nitrogen and oxygen atoms in total. The first-order valence-electron chi connectivity index (χ1n) is 5.23. The lowest BCUT2D eigenvalue weighted by Gasteiger charge is -2.38. The van der Waals surface area contributed by atoms with Crippen molar-refractivity contribution >= 4 is 0 Å². The van der Waals surface area contributed by atoms with Gasteiger partial charge in [0.05, 0.1) is 0 Å². The second-order valence-corrected chi connectivity index (χ2v) is 5.21. The molecule has 0 atom stereocenters. The van der Waals surface area contributed by atoms with Crippen molar-refractivity contribution in [3.8, 4) is 0 Å². The third kappa shape index (κ3) is 2.21. The van der Waals surface area contributed by atoms with Gasteiger partial charge in [-0.25, -0.2) is 8.78 Å². The molecule has 0 aliphatic heterocycles. The maximum absolute atomic E-state index is 13.8. The molecule has 0 radical (unpaired) electrons. The number of hydrogen-bond donors (Lipinski definition) is 0. The van der Waals surface area contributed by atoms with Crippen molar-refractivity contribution in [1.82, 2.24) is 0 Å². The zero-order valence-corrected chi connectivity index (χ0v) is 8.87. The van der Waals surface area contributed by atoms with Crippen molar-refractivity contribution in [2.24, 2.45) is 11.3 Å². The zero-order chi connectivity index (χ0) is 10.1. The summed E-state index contributed by atoms with van der Waals surface area (Å²) < 4.78 is 27.6. The summed E-state index contributed by atoms with van der Waals surface area (Å²) in [5.74, 6) is -2.87. The summed E-state index contributed by atoms with van der Waals surface area (Å²) >= 11 is 0. The molecule has 0 N–H and O–H groups in total. The third-order valence-electron chi connectivity index (χ3n) is 3.12. The molecule has 0 heterocycles. The Morgan fingerprint density at radius 1 is 0.923 bits per heavy atom. The molecule has 0 amide bonds. The third-order valence-corrected chi connectivity index (χ3v) is 3.12. The smallest absolute Gasteiger partial charge is 0.206 e. The van der Waals surface area contributed by atoms with Crippen molar-refractivity contribution in [3.05, 3.63) is 0 Å². The molecule has 0 saturated heterocycles. The number of halogens is 2. The van der Waals surface area contributed by atoms with Crippen molar-refractivity contribution in [3.63, 3.8) is 0 Å². The highest BCUT2D eigenvalue weighted by Gasteiger charge is 2.49. The molecule has 0 spiro atoms. The van der Waals surface area contributed by atoms with E-state index in [2.05, 4.69) is 0 Å². The minimum absolute atomic E-state index is 0.374. The minimum atomic E-state index is -2.49. The second kappa shape index (κ2) is 3.55. The molecule has 78 valence electrons. The predicted molar refractivity (Wildman–Crippen MR) is 51.0 cm³/mol. The van der Waals surface area contributed by atoms with Crippen LogP contribution in [0.2, 0.25) is 0 Å². The van der Waals surface area contributed by atoms with Crippen LogP contribution in [0.1, 0.15) is 52.9 Å². The number of hydrogen-bond acceptors (Lipinski definition) is 0. The van der Waals surface area contributed by atoms with Crippen molar-refractivity contribution in [2.75, 3.05) is 0 Å². The highest BCUT2D eigenvalue weighted by atomic mass is 19.3. The predicted octanol–water partition coefficient (Wildman–Crippen LogP) is 4.25. The monoisotopic (exact) mass is 190 g/mol. The lowest BCUT2D eigenvalue weighted by molar-refractivity contribution is -0.150. The molecule has 0 aromatic carbocycles. The Hall–Kier alpha value is -0.140. The Labute approximate surface area is 79.7 Å². The summed E-state index contributed by atoms with van der Waals surface area (Å²) in [5, 5.41) is 0. The fraction of sp³-hybridized carbons (Fsp3) is 1.00. The van der Waals surface area contributed by atoms with E-state index >= 15 is 0 Å². The van der Waals surface area contributed by atoms with Gasteiger partial charge in [-0.15, -0.1) is 0 Å². The maximum Gasteiger partial charge on any atom is 0.255 e. The molecule has 2 heteroatoms. The Bertz CT molecular complexity index is 161. The topological polar surface area (TPSA) is 0 Å². The van der Waals surface area contributed by atoms with E-state index in [1.54, 1.807) is 20.8 Å². The van der Waals surface area contributed by atoms with Gasteiger partial charge >= 0.3 is 0 Å². The summed E-state index contributed by atoms with van der Waals surface area (Å²) in [5.41, 5.74) is -0.880. The van der Waals surface area contributed by atoms with Gasteiger partial charge < -0.3 is 0 Å². The van der Waals surface area contributed by atoms with E-state index in [0.29, 0.717) is 12.8 Å². The van der Waals surface area contributed by atoms with Crippen LogP contribution >= 0.6 is 0 Å². The number of alkyl halides is 2. The second-order valence-electron chi connectivity index (χ2n) is 5.21. The molecule has 1 rings (SSSR count). The van der Waals surface area contributed by atoms with Crippen LogP contribution in [0.3, 0.4) is 0 Å². The van der Waals surface area contributed by atoms with Crippen LogP contribution in [0.4, 0.5) is 8.78 Å². The van der Waals surface area contributed by atoms with E-state index in [-0.39, 0.29) is 5.92 Å². The van der Waals surface area contributed by atoms with Gasteiger partial charge in [0, 0.05) is 11.3 Å². The summed E-state index contributed by atoms with van der Waals surface area (Å²) in [4.78, 5) is 0. The Balaban J connectivity index is 2.67. The van der Waals surface area contributed by atoms with Crippen LogP contribution in [0, 0.1) is 11.3 Å². The van der Waals surface area contributed by atoms with Crippen LogP contribution in [0.5, 0.6) is 0 Å². The van der Waals surface area contributed by atoms with Gasteiger partial charge in [0.25, 0.3) is 5.92 Å². The van der Waals surface area contributed by atoms with Gasteiger partial charge in [0.15, 0.2) is 0 Å². The molecule has 0 aromatic heterocycles. The Morgan fingerprint density at radius 2 is 1.38 bits per heavy atom. The van der Waals surface area contributed by atoms with Gasteiger partial charge in [0.2, 0.25) is 0 Å². The van der Waals surface area contributed by atoms with E-state index in [9.17, 15) is 8.78 Å². The molecular weight excluding hydrogens is 170 g/mol. The maximum atomic E-state index is 13.8. The minimum Gasteiger partial charge on any atom is -0.206 e. The van der Waals surface area contributed by atoms with Gasteiger partial charge in [-0.3, -0.25) is 0 Å². The molecule has 0 unspecified atom stereocenters. The zero-order valence-electron chi connectivity index (χ0n) is 8.87. The lowest BCUT2D eigenvalue weighted by atomic mass is 9.74. The fourth-order valence-electron chi connectivity index (χ4n) is 2.08. The van der Waals surface area contributed by atoms with Gasteiger partial charge in [-0.1, -0.05) is 40.0 Å². The first-order valence-corrected chi connectivity index (χ1v) is 5.23. The summed E-state index contributed by atoms with van der Waals surface area (Å²) in [7, 11) is 0. The van der Waals surface area contributed by atoms with Crippen LogP contribution < -0.4 is 0 Å². The van der Waals surface area contributed by atoms with E-state index in [1.807, 2.05) is 0 Å². The van der Waals surface area contributed by atoms with Crippen LogP contribution in [-0.2, 0) is 0 Å². The van der Waals surface area contributed by atoms with E-state index in [4.69, 9.17) is 0 Å². The van der Waals surface area contributed by atoms with Crippen LogP contribution in [0.25, 0.3) is 0 Å². The van der Waals surface area contributed by atoms with Crippen molar-refractivity contribution in [2.45, 2.75) is 58.8 Å². The molecule has 1 saturated carbocycles. The largest absolute Gasteiger partial charge is 0.255 e. The van der Waals surface area contributed by atoms with Gasteiger partial charge in [0.1, 0.15) is 0 Å². The van der Waals surface area contributed by atoms with Crippen LogP contribution in [0.15, 0.2) is 0 Å². The summed E-state index contributed by atoms with van der Waals surface area (Å²) in [6, 6.07) is 0. The summed E-state index contributed by atoms with van der Waals surface area (Å²) in [6.45, 7) is 4.92. The summed E-state index contributed by atoms with van der Waals surface area (Å²) in [6.07, 6.45) is 4.53.